The third kappa shape index (κ3) is 4.44. The van der Waals surface area contributed by atoms with Gasteiger partial charge in [0.15, 0.2) is 6.10 Å². The monoisotopic (exact) mass is 294 g/mol. The number of aliphatic carboxylic acids is 1. The maximum absolute atomic E-state index is 11.6. The maximum atomic E-state index is 11.6. The van der Waals surface area contributed by atoms with Gasteiger partial charge in [-0.25, -0.2) is 17.5 Å². The molecule has 2 N–H and O–H groups in total. The van der Waals surface area contributed by atoms with Crippen LogP contribution >= 0.6 is 0 Å². The topological polar surface area (TPSA) is 113 Å². The molecule has 1 heterocycles. The van der Waals surface area contributed by atoms with Gasteiger partial charge in [0.1, 0.15) is 6.10 Å². The molecule has 0 aliphatic carbocycles. The molecule has 9 heteroatoms. The van der Waals surface area contributed by atoms with E-state index in [9.17, 15) is 18.0 Å². The number of carboxylic acid groups (broad SMARTS) is 1. The number of amides is 1. The molecule has 0 bridgehead atoms. The van der Waals surface area contributed by atoms with E-state index in [2.05, 4.69) is 5.32 Å². The van der Waals surface area contributed by atoms with E-state index in [1.54, 1.807) is 0 Å². The number of rotatable bonds is 6. The molecule has 1 aliphatic rings. The van der Waals surface area contributed by atoms with Crippen molar-refractivity contribution in [2.75, 3.05) is 26.4 Å². The van der Waals surface area contributed by atoms with Crippen LogP contribution in [0.25, 0.3) is 0 Å². The second kappa shape index (κ2) is 6.31. The highest BCUT2D eigenvalue weighted by Crippen LogP contribution is 2.19. The summed E-state index contributed by atoms with van der Waals surface area (Å²) in [4.78, 5) is 22.3. The molecule has 0 aromatic rings. The van der Waals surface area contributed by atoms with Crippen LogP contribution in [-0.2, 0) is 24.3 Å². The molecule has 110 valence electrons. The van der Waals surface area contributed by atoms with Crippen molar-refractivity contribution in [3.8, 4) is 0 Å². The van der Waals surface area contributed by atoms with Crippen molar-refractivity contribution in [3.05, 3.63) is 0 Å². The molecule has 2 atom stereocenters. The number of hydrogen-bond acceptors (Lipinski definition) is 5. The van der Waals surface area contributed by atoms with Gasteiger partial charge in [-0.2, -0.15) is 0 Å². The van der Waals surface area contributed by atoms with Gasteiger partial charge >= 0.3 is 5.97 Å². The van der Waals surface area contributed by atoms with Gasteiger partial charge in [0, 0.05) is 20.6 Å². The van der Waals surface area contributed by atoms with E-state index in [4.69, 9.17) is 9.84 Å². The molecule has 1 saturated heterocycles. The van der Waals surface area contributed by atoms with Crippen molar-refractivity contribution in [2.45, 2.75) is 25.0 Å². The molecule has 1 amide bonds. The van der Waals surface area contributed by atoms with E-state index in [-0.39, 0.29) is 18.7 Å². The highest BCUT2D eigenvalue weighted by molar-refractivity contribution is 7.89. The Balaban J connectivity index is 2.36. The number of nitrogens with one attached hydrogen (secondary N) is 1. The van der Waals surface area contributed by atoms with E-state index in [0.29, 0.717) is 6.42 Å². The summed E-state index contributed by atoms with van der Waals surface area (Å²) in [5.74, 6) is -1.77. The van der Waals surface area contributed by atoms with Crippen LogP contribution in [0.2, 0.25) is 0 Å². The average Bonchev–Trinajstić information content (AvgIpc) is 2.77. The fourth-order valence-corrected chi connectivity index (χ4v) is 2.34. The van der Waals surface area contributed by atoms with Crippen LogP contribution < -0.4 is 5.32 Å². The predicted molar refractivity (Wildman–Crippen MR) is 66.0 cm³/mol. The van der Waals surface area contributed by atoms with Crippen LogP contribution in [0.4, 0.5) is 0 Å². The van der Waals surface area contributed by atoms with Crippen LogP contribution in [0.15, 0.2) is 0 Å². The number of hydrogen-bond donors (Lipinski definition) is 2. The Kier molecular flexibility index (Phi) is 5.27. The number of sulfonamides is 1. The van der Waals surface area contributed by atoms with Crippen LogP contribution in [0.5, 0.6) is 0 Å². The van der Waals surface area contributed by atoms with Gasteiger partial charge in [-0.1, -0.05) is 0 Å². The molecular weight excluding hydrogens is 276 g/mol. The SMILES string of the molecule is CN(C)S(=O)(=O)CCNC(=O)[C@@H]1CC[C@H](C(=O)O)O1. The van der Waals surface area contributed by atoms with Crippen molar-refractivity contribution in [3.63, 3.8) is 0 Å². The minimum Gasteiger partial charge on any atom is -0.479 e. The fraction of sp³-hybridized carbons (Fsp3) is 0.800. The van der Waals surface area contributed by atoms with E-state index in [1.165, 1.54) is 14.1 Å². The fourth-order valence-electron chi connectivity index (χ4n) is 1.61. The highest BCUT2D eigenvalue weighted by Gasteiger charge is 2.34. The van der Waals surface area contributed by atoms with Crippen molar-refractivity contribution in [2.24, 2.45) is 0 Å². The standard InChI is InChI=1S/C10H18N2O6S/c1-12(2)19(16,17)6-5-11-9(13)7-3-4-8(18-7)10(14)15/h7-8H,3-6H2,1-2H3,(H,11,13)(H,14,15)/t7-,8+/m0/s1. The molecule has 0 radical (unpaired) electrons. The van der Waals surface area contributed by atoms with Crippen molar-refractivity contribution < 1.29 is 27.9 Å². The first kappa shape index (κ1) is 15.9. The summed E-state index contributed by atoms with van der Waals surface area (Å²) in [5, 5.41) is 11.1. The zero-order valence-electron chi connectivity index (χ0n) is 10.8. The quantitative estimate of drug-likeness (QED) is 0.624. The Bertz CT molecular complexity index is 447. The Labute approximate surface area is 111 Å². The zero-order valence-corrected chi connectivity index (χ0v) is 11.6. The number of carbonyl (C=O) groups excluding carboxylic acids is 1. The first-order valence-corrected chi connectivity index (χ1v) is 7.41. The molecule has 1 aliphatic heterocycles. The van der Waals surface area contributed by atoms with Crippen LogP contribution in [-0.4, -0.2) is 68.3 Å². The molecule has 0 spiro atoms. The Hall–Kier alpha value is -1.19. The molecule has 19 heavy (non-hydrogen) atoms. The highest BCUT2D eigenvalue weighted by atomic mass is 32.2. The van der Waals surface area contributed by atoms with Gasteiger partial charge in [0.05, 0.1) is 5.75 Å². The lowest BCUT2D eigenvalue weighted by atomic mass is 10.2. The van der Waals surface area contributed by atoms with Crippen LogP contribution in [0.3, 0.4) is 0 Å². The second-order valence-electron chi connectivity index (χ2n) is 4.42. The van der Waals surface area contributed by atoms with Crippen LogP contribution in [0, 0.1) is 0 Å². The molecule has 0 saturated carbocycles. The maximum Gasteiger partial charge on any atom is 0.332 e. The molecular formula is C10H18N2O6S. The number of carboxylic acids is 1. The summed E-state index contributed by atoms with van der Waals surface area (Å²) in [6, 6.07) is 0. The van der Waals surface area contributed by atoms with E-state index in [0.717, 1.165) is 4.31 Å². The summed E-state index contributed by atoms with van der Waals surface area (Å²) >= 11 is 0. The summed E-state index contributed by atoms with van der Waals surface area (Å²) in [6.45, 7) is -0.0308. The number of carbonyl (C=O) groups is 2. The van der Waals surface area contributed by atoms with Gasteiger partial charge in [0.2, 0.25) is 15.9 Å². The third-order valence-electron chi connectivity index (χ3n) is 2.80. The first-order valence-electron chi connectivity index (χ1n) is 5.80. The Morgan fingerprint density at radius 2 is 1.89 bits per heavy atom. The number of ether oxygens (including phenoxy) is 1. The molecule has 0 aromatic heterocycles. The van der Waals surface area contributed by atoms with Crippen molar-refractivity contribution >= 4 is 21.9 Å². The lowest BCUT2D eigenvalue weighted by molar-refractivity contribution is -0.151. The van der Waals surface area contributed by atoms with E-state index >= 15 is 0 Å². The molecule has 0 aromatic carbocycles. The number of nitrogens with zero attached hydrogens (tertiary/aromatic N) is 1. The van der Waals surface area contributed by atoms with Crippen molar-refractivity contribution in [1.82, 2.24) is 9.62 Å². The van der Waals surface area contributed by atoms with E-state index < -0.39 is 34.1 Å². The summed E-state index contributed by atoms with van der Waals surface area (Å²) in [7, 11) is -0.535. The summed E-state index contributed by atoms with van der Waals surface area (Å²) in [5.41, 5.74) is 0. The molecule has 0 unspecified atom stereocenters. The Morgan fingerprint density at radius 3 is 2.37 bits per heavy atom. The largest absolute Gasteiger partial charge is 0.479 e. The van der Waals surface area contributed by atoms with Gasteiger partial charge < -0.3 is 15.2 Å². The predicted octanol–water partition coefficient (Wildman–Crippen LogP) is -1.37. The normalized spacial score (nSPS) is 23.5. The van der Waals surface area contributed by atoms with Crippen LogP contribution in [0.1, 0.15) is 12.8 Å². The van der Waals surface area contributed by atoms with E-state index in [1.807, 2.05) is 0 Å². The average molecular weight is 294 g/mol. The van der Waals surface area contributed by atoms with Gasteiger partial charge in [-0.3, -0.25) is 4.79 Å². The summed E-state index contributed by atoms with van der Waals surface area (Å²) in [6.07, 6.45) is -1.17. The third-order valence-corrected chi connectivity index (χ3v) is 4.64. The lowest BCUT2D eigenvalue weighted by Gasteiger charge is -2.14. The lowest BCUT2D eigenvalue weighted by Crippen LogP contribution is -2.39. The van der Waals surface area contributed by atoms with Gasteiger partial charge in [-0.05, 0) is 12.8 Å². The Morgan fingerprint density at radius 1 is 1.32 bits per heavy atom. The van der Waals surface area contributed by atoms with Crippen molar-refractivity contribution in [1.29, 1.82) is 0 Å². The van der Waals surface area contributed by atoms with Gasteiger partial charge in [-0.15, -0.1) is 0 Å². The smallest absolute Gasteiger partial charge is 0.332 e. The van der Waals surface area contributed by atoms with Gasteiger partial charge in [0.25, 0.3) is 0 Å². The summed E-state index contributed by atoms with van der Waals surface area (Å²) < 4.78 is 29.0. The zero-order chi connectivity index (χ0) is 14.6. The molecule has 1 rings (SSSR count). The molecule has 8 nitrogen and oxygen atoms in total. The minimum absolute atomic E-state index is 0.0308. The molecule has 1 fully saturated rings. The second-order valence-corrected chi connectivity index (χ2v) is 6.72. The minimum atomic E-state index is -3.36. The first-order chi connectivity index (χ1) is 8.74.